The number of amides is 2. The maximum atomic E-state index is 11.5. The summed E-state index contributed by atoms with van der Waals surface area (Å²) in [5.41, 5.74) is -0.285. The van der Waals surface area contributed by atoms with E-state index in [0.29, 0.717) is 0 Å². The summed E-state index contributed by atoms with van der Waals surface area (Å²) in [6.45, 7) is 7.41. The van der Waals surface area contributed by atoms with Gasteiger partial charge in [-0.2, -0.15) is 0 Å². The minimum Gasteiger partial charge on any atom is -0.352 e. The predicted molar refractivity (Wildman–Crippen MR) is 61.9 cm³/mol. The van der Waals surface area contributed by atoms with Gasteiger partial charge in [0, 0.05) is 18.1 Å². The first-order valence-electron chi connectivity index (χ1n) is 5.68. The molecule has 1 atom stereocenters. The SMILES string of the molecule is CC(C)(C)NC(=O)CC(=O)NC1CCNC1. The highest BCUT2D eigenvalue weighted by Crippen LogP contribution is 2.00. The molecular weight excluding hydrogens is 206 g/mol. The van der Waals surface area contributed by atoms with E-state index in [1.807, 2.05) is 20.8 Å². The van der Waals surface area contributed by atoms with Crippen molar-refractivity contribution in [1.82, 2.24) is 16.0 Å². The Morgan fingerprint density at radius 1 is 1.31 bits per heavy atom. The van der Waals surface area contributed by atoms with Crippen molar-refractivity contribution in [2.45, 2.75) is 45.2 Å². The fraction of sp³-hybridized carbons (Fsp3) is 0.818. The molecule has 1 saturated heterocycles. The van der Waals surface area contributed by atoms with Gasteiger partial charge in [-0.05, 0) is 33.7 Å². The third kappa shape index (κ3) is 5.11. The molecule has 16 heavy (non-hydrogen) atoms. The molecule has 0 radical (unpaired) electrons. The molecule has 0 spiro atoms. The van der Waals surface area contributed by atoms with Gasteiger partial charge >= 0.3 is 0 Å². The van der Waals surface area contributed by atoms with E-state index in [1.54, 1.807) is 0 Å². The molecule has 1 unspecified atom stereocenters. The average Bonchev–Trinajstić information content (AvgIpc) is 2.51. The third-order valence-electron chi connectivity index (χ3n) is 2.26. The predicted octanol–water partition coefficient (Wildman–Crippen LogP) is -0.231. The van der Waals surface area contributed by atoms with Crippen LogP contribution in [0.1, 0.15) is 33.6 Å². The van der Waals surface area contributed by atoms with Gasteiger partial charge in [-0.25, -0.2) is 0 Å². The number of hydrogen-bond donors (Lipinski definition) is 3. The molecule has 1 fully saturated rings. The lowest BCUT2D eigenvalue weighted by Crippen LogP contribution is -2.44. The molecule has 1 heterocycles. The van der Waals surface area contributed by atoms with Crippen LogP contribution >= 0.6 is 0 Å². The molecule has 0 saturated carbocycles. The number of nitrogens with one attached hydrogen (secondary N) is 3. The van der Waals surface area contributed by atoms with Crippen LogP contribution in [0.15, 0.2) is 0 Å². The normalized spacial score (nSPS) is 20.6. The fourth-order valence-electron chi connectivity index (χ4n) is 1.66. The molecule has 1 rings (SSSR count). The van der Waals surface area contributed by atoms with Crippen molar-refractivity contribution in [1.29, 1.82) is 0 Å². The van der Waals surface area contributed by atoms with Crippen molar-refractivity contribution < 1.29 is 9.59 Å². The van der Waals surface area contributed by atoms with Gasteiger partial charge in [-0.1, -0.05) is 0 Å². The standard InChI is InChI=1S/C11H21N3O2/c1-11(2,3)14-10(16)6-9(15)13-8-4-5-12-7-8/h8,12H,4-7H2,1-3H3,(H,13,15)(H,14,16). The van der Waals surface area contributed by atoms with Crippen LogP contribution in [0.2, 0.25) is 0 Å². The van der Waals surface area contributed by atoms with Crippen LogP contribution in [-0.2, 0) is 9.59 Å². The molecule has 0 bridgehead atoms. The van der Waals surface area contributed by atoms with Crippen LogP contribution in [0.3, 0.4) is 0 Å². The van der Waals surface area contributed by atoms with E-state index in [4.69, 9.17) is 0 Å². The highest BCUT2D eigenvalue weighted by atomic mass is 16.2. The van der Waals surface area contributed by atoms with Crippen LogP contribution < -0.4 is 16.0 Å². The van der Waals surface area contributed by atoms with E-state index in [2.05, 4.69) is 16.0 Å². The molecule has 0 aliphatic carbocycles. The number of rotatable bonds is 3. The van der Waals surface area contributed by atoms with E-state index >= 15 is 0 Å². The number of hydrogen-bond acceptors (Lipinski definition) is 3. The summed E-state index contributed by atoms with van der Waals surface area (Å²) in [6.07, 6.45) is 0.848. The maximum absolute atomic E-state index is 11.5. The Balaban J connectivity index is 2.25. The zero-order valence-corrected chi connectivity index (χ0v) is 10.2. The Kier molecular flexibility index (Phi) is 4.29. The van der Waals surface area contributed by atoms with Gasteiger partial charge < -0.3 is 16.0 Å². The summed E-state index contributed by atoms with van der Waals surface area (Å²) in [5.74, 6) is -0.425. The molecule has 1 aliphatic rings. The van der Waals surface area contributed by atoms with Crippen LogP contribution in [0, 0.1) is 0 Å². The van der Waals surface area contributed by atoms with Crippen LogP contribution in [-0.4, -0.2) is 36.5 Å². The van der Waals surface area contributed by atoms with Crippen molar-refractivity contribution >= 4 is 11.8 Å². The van der Waals surface area contributed by atoms with Gasteiger partial charge in [0.1, 0.15) is 6.42 Å². The van der Waals surface area contributed by atoms with Gasteiger partial charge in [-0.15, -0.1) is 0 Å². The van der Waals surface area contributed by atoms with Crippen molar-refractivity contribution in [3.63, 3.8) is 0 Å². The molecule has 3 N–H and O–H groups in total. The largest absolute Gasteiger partial charge is 0.352 e. The lowest BCUT2D eigenvalue weighted by Gasteiger charge is -2.20. The average molecular weight is 227 g/mol. The summed E-state index contributed by atoms with van der Waals surface area (Å²) in [5, 5.41) is 8.75. The summed E-state index contributed by atoms with van der Waals surface area (Å²) in [4.78, 5) is 23.0. The van der Waals surface area contributed by atoms with E-state index in [1.165, 1.54) is 0 Å². The molecule has 1 aliphatic heterocycles. The summed E-state index contributed by atoms with van der Waals surface area (Å²) in [7, 11) is 0. The first-order chi connectivity index (χ1) is 7.37. The smallest absolute Gasteiger partial charge is 0.229 e. The first kappa shape index (κ1) is 13.0. The minimum absolute atomic E-state index is 0.0895. The molecule has 0 aromatic rings. The van der Waals surface area contributed by atoms with Gasteiger partial charge in [-0.3, -0.25) is 9.59 Å². The van der Waals surface area contributed by atoms with Gasteiger partial charge in [0.05, 0.1) is 0 Å². The zero-order valence-electron chi connectivity index (χ0n) is 10.2. The van der Waals surface area contributed by atoms with Crippen LogP contribution in [0.5, 0.6) is 0 Å². The molecule has 0 aromatic heterocycles. The summed E-state index contributed by atoms with van der Waals surface area (Å²) >= 11 is 0. The molecule has 92 valence electrons. The van der Waals surface area contributed by atoms with Gasteiger partial charge in [0.2, 0.25) is 11.8 Å². The summed E-state index contributed by atoms with van der Waals surface area (Å²) in [6, 6.07) is 0.176. The Morgan fingerprint density at radius 3 is 2.50 bits per heavy atom. The van der Waals surface area contributed by atoms with E-state index in [-0.39, 0.29) is 29.8 Å². The van der Waals surface area contributed by atoms with Crippen molar-refractivity contribution in [2.24, 2.45) is 0 Å². The molecule has 2 amide bonds. The quantitative estimate of drug-likeness (QED) is 0.583. The Hall–Kier alpha value is -1.10. The Morgan fingerprint density at radius 2 is 2.00 bits per heavy atom. The second-order valence-corrected chi connectivity index (χ2v) is 5.23. The maximum Gasteiger partial charge on any atom is 0.229 e. The van der Waals surface area contributed by atoms with Crippen LogP contribution in [0.4, 0.5) is 0 Å². The lowest BCUT2D eigenvalue weighted by molar-refractivity contribution is -0.130. The topological polar surface area (TPSA) is 70.2 Å². The van der Waals surface area contributed by atoms with E-state index in [0.717, 1.165) is 19.5 Å². The Bertz CT molecular complexity index is 265. The van der Waals surface area contributed by atoms with Gasteiger partial charge in [0.25, 0.3) is 0 Å². The van der Waals surface area contributed by atoms with Crippen molar-refractivity contribution in [3.8, 4) is 0 Å². The van der Waals surface area contributed by atoms with E-state index in [9.17, 15) is 9.59 Å². The molecule has 5 heteroatoms. The zero-order chi connectivity index (χ0) is 12.2. The van der Waals surface area contributed by atoms with Crippen molar-refractivity contribution in [3.05, 3.63) is 0 Å². The minimum atomic E-state index is -0.285. The second kappa shape index (κ2) is 5.30. The lowest BCUT2D eigenvalue weighted by atomic mass is 10.1. The molecule has 5 nitrogen and oxygen atoms in total. The number of carbonyl (C=O) groups excluding carboxylic acids is 2. The first-order valence-corrected chi connectivity index (χ1v) is 5.68. The third-order valence-corrected chi connectivity index (χ3v) is 2.26. The van der Waals surface area contributed by atoms with E-state index < -0.39 is 0 Å². The second-order valence-electron chi connectivity index (χ2n) is 5.23. The Labute approximate surface area is 96.4 Å². The monoisotopic (exact) mass is 227 g/mol. The van der Waals surface area contributed by atoms with Gasteiger partial charge in [0.15, 0.2) is 0 Å². The highest BCUT2D eigenvalue weighted by Gasteiger charge is 2.20. The molecule has 0 aromatic carbocycles. The van der Waals surface area contributed by atoms with Crippen LogP contribution in [0.25, 0.3) is 0 Å². The highest BCUT2D eigenvalue weighted by molar-refractivity contribution is 5.97. The molecular formula is C11H21N3O2. The number of carbonyl (C=O) groups is 2. The van der Waals surface area contributed by atoms with Crippen molar-refractivity contribution in [2.75, 3.05) is 13.1 Å². The summed E-state index contributed by atoms with van der Waals surface area (Å²) < 4.78 is 0. The fourth-order valence-corrected chi connectivity index (χ4v) is 1.66.